The Labute approximate surface area is 147 Å². The van der Waals surface area contributed by atoms with Gasteiger partial charge in [0.15, 0.2) is 17.3 Å². The molecule has 0 spiro atoms. The van der Waals surface area contributed by atoms with Crippen molar-refractivity contribution in [1.82, 2.24) is 10.1 Å². The molecule has 0 aliphatic rings. The van der Waals surface area contributed by atoms with Crippen LogP contribution in [0.15, 0.2) is 40.9 Å². The first-order valence-electron chi connectivity index (χ1n) is 6.59. The maximum Gasteiger partial charge on any atom is 0.471 e. The van der Waals surface area contributed by atoms with E-state index in [1.807, 2.05) is 0 Å². The first-order chi connectivity index (χ1) is 11.8. The lowest BCUT2D eigenvalue weighted by atomic mass is 10.2. The smallest absolute Gasteiger partial charge is 0.451 e. The molecule has 0 radical (unpaired) electrons. The second-order valence-corrected chi connectivity index (χ2v) is 5.51. The number of benzene rings is 2. The Morgan fingerprint density at radius 2 is 1.64 bits per heavy atom. The molecule has 2 aromatic carbocycles. The second kappa shape index (κ2) is 6.53. The van der Waals surface area contributed by atoms with Crippen molar-refractivity contribution in [2.24, 2.45) is 0 Å². The number of hydrogen-bond donors (Lipinski definition) is 0. The third-order valence-electron chi connectivity index (χ3n) is 3.00. The topological polar surface area (TPSA) is 48.2 Å². The maximum atomic E-state index is 14.6. The fraction of sp³-hybridized carbons (Fsp3) is 0.0667. The molecule has 0 N–H and O–H groups in total. The van der Waals surface area contributed by atoms with Crippen molar-refractivity contribution in [3.8, 4) is 22.9 Å². The van der Waals surface area contributed by atoms with Crippen molar-refractivity contribution in [3.05, 3.63) is 58.2 Å². The molecular weight excluding hydrogens is 387 g/mol. The molecule has 0 atom stereocenters. The Hall–Kier alpha value is -2.32. The van der Waals surface area contributed by atoms with E-state index in [9.17, 15) is 17.6 Å². The van der Waals surface area contributed by atoms with Crippen LogP contribution in [-0.4, -0.2) is 10.1 Å². The molecule has 0 bridgehead atoms. The van der Waals surface area contributed by atoms with Gasteiger partial charge in [-0.3, -0.25) is 0 Å². The van der Waals surface area contributed by atoms with Gasteiger partial charge in [-0.1, -0.05) is 40.5 Å². The van der Waals surface area contributed by atoms with Crippen LogP contribution in [0, 0.1) is 5.82 Å². The van der Waals surface area contributed by atoms with Crippen LogP contribution in [0.1, 0.15) is 5.89 Å². The highest BCUT2D eigenvalue weighted by Gasteiger charge is 2.38. The van der Waals surface area contributed by atoms with E-state index in [-0.39, 0.29) is 27.1 Å². The molecule has 130 valence electrons. The van der Waals surface area contributed by atoms with E-state index in [2.05, 4.69) is 14.7 Å². The van der Waals surface area contributed by atoms with Crippen LogP contribution in [-0.2, 0) is 6.18 Å². The van der Waals surface area contributed by atoms with Crippen molar-refractivity contribution in [1.29, 1.82) is 0 Å². The van der Waals surface area contributed by atoms with Gasteiger partial charge in [0, 0.05) is 0 Å². The third kappa shape index (κ3) is 3.54. The number of aromatic nitrogens is 2. The summed E-state index contributed by atoms with van der Waals surface area (Å²) in [4.78, 5) is 3.15. The fourth-order valence-corrected chi connectivity index (χ4v) is 2.37. The van der Waals surface area contributed by atoms with Gasteiger partial charge in [0.1, 0.15) is 0 Å². The molecule has 0 aliphatic heterocycles. The summed E-state index contributed by atoms with van der Waals surface area (Å²) in [5.74, 6) is -3.45. The molecule has 0 fully saturated rings. The van der Waals surface area contributed by atoms with Crippen LogP contribution < -0.4 is 4.74 Å². The molecule has 3 aromatic rings. The number of para-hydroxylation sites is 1. The van der Waals surface area contributed by atoms with Gasteiger partial charge in [0.05, 0.1) is 15.6 Å². The average Bonchev–Trinajstić information content (AvgIpc) is 3.02. The summed E-state index contributed by atoms with van der Waals surface area (Å²) in [6, 6.07) is 8.33. The van der Waals surface area contributed by atoms with Gasteiger partial charge in [-0.2, -0.15) is 18.2 Å². The molecule has 0 amide bonds. The summed E-state index contributed by atoms with van der Waals surface area (Å²) < 4.78 is 61.6. The minimum absolute atomic E-state index is 0.00553. The van der Waals surface area contributed by atoms with Crippen molar-refractivity contribution in [2.45, 2.75) is 6.18 Å². The van der Waals surface area contributed by atoms with E-state index in [1.54, 1.807) is 6.07 Å². The van der Waals surface area contributed by atoms with E-state index in [0.29, 0.717) is 0 Å². The van der Waals surface area contributed by atoms with Crippen LogP contribution in [0.25, 0.3) is 11.4 Å². The fourth-order valence-electron chi connectivity index (χ4n) is 1.90. The highest BCUT2D eigenvalue weighted by atomic mass is 35.5. The number of rotatable bonds is 3. The standard InChI is InChI=1S/C15H6Cl2F4N2O2/c16-8-4-2-5-9(17)12(8)24-10-6-1-3-7(11(10)18)13-22-14(25-23-13)15(19,20)21/h1-6H. The lowest BCUT2D eigenvalue weighted by molar-refractivity contribution is -0.159. The summed E-state index contributed by atoms with van der Waals surface area (Å²) in [6.07, 6.45) is -4.83. The summed E-state index contributed by atoms with van der Waals surface area (Å²) in [5.41, 5.74) is -0.333. The van der Waals surface area contributed by atoms with Crippen LogP contribution in [0.2, 0.25) is 10.0 Å². The van der Waals surface area contributed by atoms with Crippen molar-refractivity contribution in [2.75, 3.05) is 0 Å². The Morgan fingerprint density at radius 3 is 2.24 bits per heavy atom. The monoisotopic (exact) mass is 392 g/mol. The van der Waals surface area contributed by atoms with Crippen LogP contribution >= 0.6 is 23.2 Å². The number of alkyl halides is 3. The largest absolute Gasteiger partial charge is 0.471 e. The molecule has 3 rings (SSSR count). The summed E-state index contributed by atoms with van der Waals surface area (Å²) in [7, 11) is 0. The average molecular weight is 393 g/mol. The molecule has 10 heteroatoms. The lowest BCUT2D eigenvalue weighted by Crippen LogP contribution is -2.05. The number of halogens is 6. The van der Waals surface area contributed by atoms with Crippen molar-refractivity contribution < 1.29 is 26.8 Å². The normalized spacial score (nSPS) is 11.6. The summed E-state index contributed by atoms with van der Waals surface area (Å²) >= 11 is 11.9. The zero-order valence-electron chi connectivity index (χ0n) is 11.9. The highest BCUT2D eigenvalue weighted by molar-refractivity contribution is 6.37. The van der Waals surface area contributed by atoms with Crippen molar-refractivity contribution in [3.63, 3.8) is 0 Å². The minimum Gasteiger partial charge on any atom is -0.451 e. The summed E-state index contributed by atoms with van der Waals surface area (Å²) in [5, 5.41) is 3.41. The molecule has 25 heavy (non-hydrogen) atoms. The predicted molar refractivity (Wildman–Crippen MR) is 81.2 cm³/mol. The van der Waals surface area contributed by atoms with Crippen LogP contribution in [0.4, 0.5) is 17.6 Å². The van der Waals surface area contributed by atoms with E-state index in [0.717, 1.165) is 0 Å². The van der Waals surface area contributed by atoms with E-state index in [4.69, 9.17) is 27.9 Å². The molecule has 4 nitrogen and oxygen atoms in total. The third-order valence-corrected chi connectivity index (χ3v) is 3.60. The number of hydrogen-bond acceptors (Lipinski definition) is 4. The van der Waals surface area contributed by atoms with Gasteiger partial charge in [-0.15, -0.1) is 0 Å². The zero-order valence-corrected chi connectivity index (χ0v) is 13.5. The lowest BCUT2D eigenvalue weighted by Gasteiger charge is -2.11. The van der Waals surface area contributed by atoms with Gasteiger partial charge in [-0.05, 0) is 24.3 Å². The van der Waals surface area contributed by atoms with Crippen LogP contribution in [0.5, 0.6) is 11.5 Å². The number of ether oxygens (including phenoxy) is 1. The molecule has 1 heterocycles. The van der Waals surface area contributed by atoms with E-state index < -0.39 is 23.7 Å². The van der Waals surface area contributed by atoms with Gasteiger partial charge < -0.3 is 9.26 Å². The molecule has 0 saturated heterocycles. The van der Waals surface area contributed by atoms with Gasteiger partial charge in [0.25, 0.3) is 0 Å². The Bertz CT molecular complexity index is 908. The SMILES string of the molecule is Fc1c(Oc2c(Cl)cccc2Cl)cccc1-c1noc(C(F)(F)F)n1. The van der Waals surface area contributed by atoms with Crippen LogP contribution in [0.3, 0.4) is 0 Å². The number of nitrogens with zero attached hydrogens (tertiary/aromatic N) is 2. The van der Waals surface area contributed by atoms with E-state index in [1.165, 1.54) is 30.3 Å². The van der Waals surface area contributed by atoms with Crippen molar-refractivity contribution >= 4 is 23.2 Å². The summed E-state index contributed by atoms with van der Waals surface area (Å²) in [6.45, 7) is 0. The quantitative estimate of drug-likeness (QED) is 0.513. The Morgan fingerprint density at radius 1 is 1.00 bits per heavy atom. The molecular formula is C15H6Cl2F4N2O2. The first-order valence-corrected chi connectivity index (χ1v) is 7.34. The van der Waals surface area contributed by atoms with Gasteiger partial charge in [-0.25, -0.2) is 4.39 Å². The second-order valence-electron chi connectivity index (χ2n) is 4.69. The van der Waals surface area contributed by atoms with Gasteiger partial charge in [0.2, 0.25) is 5.82 Å². The zero-order chi connectivity index (χ0) is 18.2. The molecule has 1 aromatic heterocycles. The van der Waals surface area contributed by atoms with Gasteiger partial charge >= 0.3 is 12.1 Å². The molecule has 0 unspecified atom stereocenters. The highest BCUT2D eigenvalue weighted by Crippen LogP contribution is 2.38. The minimum atomic E-state index is -4.83. The first kappa shape index (κ1) is 17.5. The predicted octanol–water partition coefficient (Wildman–Crippen LogP) is 5.99. The molecule has 0 saturated carbocycles. The van der Waals surface area contributed by atoms with E-state index >= 15 is 0 Å². The Kier molecular flexibility index (Phi) is 4.57. The molecule has 0 aliphatic carbocycles. The Balaban J connectivity index is 2.00. The maximum absolute atomic E-state index is 14.6.